The summed E-state index contributed by atoms with van der Waals surface area (Å²) >= 11 is 5.92. The number of rotatable bonds is 1. The van der Waals surface area contributed by atoms with Gasteiger partial charge in [0.1, 0.15) is 0 Å². The number of fused-ring (bicyclic) bond motifs is 1. The van der Waals surface area contributed by atoms with Gasteiger partial charge in [0.2, 0.25) is 0 Å². The van der Waals surface area contributed by atoms with Crippen molar-refractivity contribution in [3.8, 4) is 0 Å². The van der Waals surface area contributed by atoms with Crippen molar-refractivity contribution in [2.45, 2.75) is 25.3 Å². The average Bonchev–Trinajstić information content (AvgIpc) is 2.38. The van der Waals surface area contributed by atoms with Gasteiger partial charge in [-0.05, 0) is 43.0 Å². The summed E-state index contributed by atoms with van der Waals surface area (Å²) in [6, 6.07) is 6.07. The molecule has 1 aromatic rings. The minimum absolute atomic E-state index is 0.192. The molecule has 0 bridgehead atoms. The predicted octanol–water partition coefficient (Wildman–Crippen LogP) is 2.45. The van der Waals surface area contributed by atoms with Gasteiger partial charge in [0.25, 0.3) is 0 Å². The molecule has 1 heterocycles. The molecule has 76 valence electrons. The van der Waals surface area contributed by atoms with E-state index in [9.17, 15) is 0 Å². The highest BCUT2D eigenvalue weighted by molar-refractivity contribution is 6.30. The van der Waals surface area contributed by atoms with Crippen molar-refractivity contribution in [1.82, 2.24) is 0 Å². The zero-order valence-electron chi connectivity index (χ0n) is 7.96. The van der Waals surface area contributed by atoms with Crippen molar-refractivity contribution < 1.29 is 5.11 Å². The van der Waals surface area contributed by atoms with Crippen LogP contribution >= 0.6 is 11.6 Å². The SMILES string of the molecule is OCC1CCCc2cc(Cl)ccc2N1. The van der Waals surface area contributed by atoms with Crippen LogP contribution in [0.3, 0.4) is 0 Å². The molecule has 1 unspecified atom stereocenters. The maximum Gasteiger partial charge on any atom is 0.0632 e. The summed E-state index contributed by atoms with van der Waals surface area (Å²) in [6.45, 7) is 0.196. The van der Waals surface area contributed by atoms with Crippen LogP contribution in [0.4, 0.5) is 5.69 Å². The van der Waals surface area contributed by atoms with Crippen LogP contribution in [0.1, 0.15) is 18.4 Å². The largest absolute Gasteiger partial charge is 0.394 e. The molecule has 2 rings (SSSR count). The van der Waals surface area contributed by atoms with E-state index in [1.165, 1.54) is 5.56 Å². The molecule has 2 nitrogen and oxygen atoms in total. The first kappa shape index (κ1) is 9.81. The van der Waals surface area contributed by atoms with Crippen molar-refractivity contribution >= 4 is 17.3 Å². The second kappa shape index (κ2) is 4.20. The van der Waals surface area contributed by atoms with Crippen LogP contribution in [0.5, 0.6) is 0 Å². The van der Waals surface area contributed by atoms with E-state index in [1.807, 2.05) is 18.2 Å². The summed E-state index contributed by atoms with van der Waals surface area (Å²) in [5.41, 5.74) is 2.37. The standard InChI is InChI=1S/C11H14ClNO/c12-9-4-5-11-8(6-9)2-1-3-10(7-14)13-11/h4-6,10,13-14H,1-3,7H2. The van der Waals surface area contributed by atoms with Crippen molar-refractivity contribution in [3.05, 3.63) is 28.8 Å². The van der Waals surface area contributed by atoms with Gasteiger partial charge in [-0.2, -0.15) is 0 Å². The van der Waals surface area contributed by atoms with Crippen LogP contribution in [0.15, 0.2) is 18.2 Å². The molecule has 1 aliphatic heterocycles. The first-order valence-corrected chi connectivity index (χ1v) is 5.33. The molecule has 0 saturated carbocycles. The van der Waals surface area contributed by atoms with E-state index in [1.54, 1.807) is 0 Å². The normalized spacial score (nSPS) is 20.9. The Balaban J connectivity index is 2.27. The topological polar surface area (TPSA) is 32.3 Å². The Kier molecular flexibility index (Phi) is 2.94. The van der Waals surface area contributed by atoms with E-state index in [0.717, 1.165) is 30.0 Å². The summed E-state index contributed by atoms with van der Waals surface area (Å²) in [7, 11) is 0. The lowest BCUT2D eigenvalue weighted by Crippen LogP contribution is -2.22. The molecule has 2 N–H and O–H groups in total. The molecule has 0 aliphatic carbocycles. The van der Waals surface area contributed by atoms with Crippen molar-refractivity contribution in [2.24, 2.45) is 0 Å². The van der Waals surface area contributed by atoms with Gasteiger partial charge in [-0.25, -0.2) is 0 Å². The molecule has 1 aromatic carbocycles. The van der Waals surface area contributed by atoms with Gasteiger partial charge in [0, 0.05) is 16.8 Å². The molecule has 0 radical (unpaired) electrons. The number of anilines is 1. The number of benzene rings is 1. The second-order valence-electron chi connectivity index (χ2n) is 3.72. The van der Waals surface area contributed by atoms with E-state index in [2.05, 4.69) is 5.32 Å². The predicted molar refractivity (Wildman–Crippen MR) is 58.9 cm³/mol. The van der Waals surface area contributed by atoms with Crippen molar-refractivity contribution in [1.29, 1.82) is 0 Å². The van der Waals surface area contributed by atoms with E-state index >= 15 is 0 Å². The third-order valence-corrected chi connectivity index (χ3v) is 2.88. The zero-order chi connectivity index (χ0) is 9.97. The Morgan fingerprint density at radius 1 is 1.50 bits per heavy atom. The molecule has 3 heteroatoms. The summed E-state index contributed by atoms with van der Waals surface area (Å²) < 4.78 is 0. The summed E-state index contributed by atoms with van der Waals surface area (Å²) in [6.07, 6.45) is 3.16. The van der Waals surface area contributed by atoms with Crippen LogP contribution in [-0.2, 0) is 6.42 Å². The third-order valence-electron chi connectivity index (χ3n) is 2.65. The van der Waals surface area contributed by atoms with E-state index in [0.29, 0.717) is 0 Å². The fourth-order valence-electron chi connectivity index (χ4n) is 1.88. The maximum atomic E-state index is 9.11. The number of aliphatic hydroxyl groups is 1. The molecule has 1 aliphatic rings. The average molecular weight is 212 g/mol. The quantitative estimate of drug-likeness (QED) is 0.748. The summed E-state index contributed by atoms with van der Waals surface area (Å²) in [5, 5.41) is 13.2. The number of hydrogen-bond acceptors (Lipinski definition) is 2. The van der Waals surface area contributed by atoms with Crippen LogP contribution < -0.4 is 5.32 Å². The molecule has 0 spiro atoms. The second-order valence-corrected chi connectivity index (χ2v) is 4.15. The van der Waals surface area contributed by atoms with Crippen LogP contribution in [-0.4, -0.2) is 17.8 Å². The number of hydrogen-bond donors (Lipinski definition) is 2. The molecule has 0 aromatic heterocycles. The monoisotopic (exact) mass is 211 g/mol. The molecule has 0 fully saturated rings. The van der Waals surface area contributed by atoms with Gasteiger partial charge < -0.3 is 10.4 Å². The highest BCUT2D eigenvalue weighted by Crippen LogP contribution is 2.26. The summed E-state index contributed by atoms with van der Waals surface area (Å²) in [5.74, 6) is 0. The van der Waals surface area contributed by atoms with Gasteiger partial charge in [-0.3, -0.25) is 0 Å². The highest BCUT2D eigenvalue weighted by atomic mass is 35.5. The van der Waals surface area contributed by atoms with Crippen LogP contribution in [0.25, 0.3) is 0 Å². The van der Waals surface area contributed by atoms with Crippen LogP contribution in [0, 0.1) is 0 Å². The number of aryl methyl sites for hydroxylation is 1. The summed E-state index contributed by atoms with van der Waals surface area (Å²) in [4.78, 5) is 0. The Bertz CT molecular complexity index is 327. The lowest BCUT2D eigenvalue weighted by Gasteiger charge is -2.15. The molecular formula is C11H14ClNO. The third kappa shape index (κ3) is 2.02. The molecule has 0 saturated heterocycles. The fourth-order valence-corrected chi connectivity index (χ4v) is 2.07. The number of halogens is 1. The van der Waals surface area contributed by atoms with E-state index in [-0.39, 0.29) is 12.6 Å². The maximum absolute atomic E-state index is 9.11. The first-order chi connectivity index (χ1) is 6.79. The van der Waals surface area contributed by atoms with Crippen LogP contribution in [0.2, 0.25) is 5.02 Å². The molecular weight excluding hydrogens is 198 g/mol. The fraction of sp³-hybridized carbons (Fsp3) is 0.455. The highest BCUT2D eigenvalue weighted by Gasteiger charge is 2.14. The van der Waals surface area contributed by atoms with Gasteiger partial charge in [0.15, 0.2) is 0 Å². The molecule has 1 atom stereocenters. The van der Waals surface area contributed by atoms with Gasteiger partial charge in [0.05, 0.1) is 6.61 Å². The smallest absolute Gasteiger partial charge is 0.0632 e. The molecule has 0 amide bonds. The number of nitrogens with one attached hydrogen (secondary N) is 1. The lowest BCUT2D eigenvalue weighted by molar-refractivity contribution is 0.268. The number of aliphatic hydroxyl groups excluding tert-OH is 1. The first-order valence-electron chi connectivity index (χ1n) is 4.95. The van der Waals surface area contributed by atoms with Gasteiger partial charge in [-0.1, -0.05) is 11.6 Å². The Hall–Kier alpha value is -0.730. The Morgan fingerprint density at radius 2 is 2.36 bits per heavy atom. The molecule has 14 heavy (non-hydrogen) atoms. The van der Waals surface area contributed by atoms with E-state index in [4.69, 9.17) is 16.7 Å². The Morgan fingerprint density at radius 3 is 3.14 bits per heavy atom. The lowest BCUT2D eigenvalue weighted by atomic mass is 10.1. The van der Waals surface area contributed by atoms with Crippen molar-refractivity contribution in [3.63, 3.8) is 0 Å². The minimum atomic E-state index is 0.192. The Labute approximate surface area is 88.9 Å². The van der Waals surface area contributed by atoms with Crippen molar-refractivity contribution in [2.75, 3.05) is 11.9 Å². The van der Waals surface area contributed by atoms with E-state index < -0.39 is 0 Å². The zero-order valence-corrected chi connectivity index (χ0v) is 8.72. The van der Waals surface area contributed by atoms with Gasteiger partial charge in [-0.15, -0.1) is 0 Å². The minimum Gasteiger partial charge on any atom is -0.394 e. The van der Waals surface area contributed by atoms with Gasteiger partial charge >= 0.3 is 0 Å².